The van der Waals surface area contributed by atoms with Crippen LogP contribution in [0.3, 0.4) is 0 Å². The Hall–Kier alpha value is -2.49. The van der Waals surface area contributed by atoms with Gasteiger partial charge in [0.25, 0.3) is 11.8 Å². The van der Waals surface area contributed by atoms with Gasteiger partial charge < -0.3 is 0 Å². The van der Waals surface area contributed by atoms with E-state index < -0.39 is 0 Å². The van der Waals surface area contributed by atoms with E-state index >= 15 is 0 Å². The number of carbonyl (C=O) groups excluding carboxylic acids is 3. The van der Waals surface area contributed by atoms with Gasteiger partial charge in [-0.2, -0.15) is 0 Å². The number of rotatable bonds is 8. The number of hydrazine groups is 1. The van der Waals surface area contributed by atoms with Gasteiger partial charge in [-0.3, -0.25) is 30.1 Å². The summed E-state index contributed by atoms with van der Waals surface area (Å²) < 4.78 is 1.21. The third-order valence-electron chi connectivity index (χ3n) is 4.69. The molecule has 0 atom stereocenters. The van der Waals surface area contributed by atoms with E-state index in [1.54, 1.807) is 29.2 Å². The van der Waals surface area contributed by atoms with Gasteiger partial charge in [0.15, 0.2) is 0 Å². The molecule has 0 aliphatic carbocycles. The molecule has 0 bridgehead atoms. The van der Waals surface area contributed by atoms with Gasteiger partial charge in [-0.15, -0.1) is 0 Å². The number of carbonyl (C=O) groups is 3. The molecule has 2 aromatic rings. The van der Waals surface area contributed by atoms with Crippen LogP contribution in [-0.4, -0.2) is 33.5 Å². The summed E-state index contributed by atoms with van der Waals surface area (Å²) in [6.45, 7) is 0.525. The first-order chi connectivity index (χ1) is 15.5. The molecule has 0 radical (unpaired) electrons. The van der Waals surface area contributed by atoms with Crippen molar-refractivity contribution in [3.05, 3.63) is 75.1 Å². The van der Waals surface area contributed by atoms with Crippen LogP contribution in [0.15, 0.2) is 64.0 Å². The highest BCUT2D eigenvalue weighted by Crippen LogP contribution is 2.32. The van der Waals surface area contributed by atoms with Crippen LogP contribution in [0.5, 0.6) is 0 Å². The second-order valence-electron chi connectivity index (χ2n) is 7.04. The summed E-state index contributed by atoms with van der Waals surface area (Å²) in [6, 6.07) is 16.6. The molecule has 1 heterocycles. The Morgan fingerprint density at radius 3 is 2.47 bits per heavy atom. The smallest absolute Gasteiger partial charge is 0.270 e. The molecule has 2 N–H and O–H groups in total. The fourth-order valence-corrected chi connectivity index (χ4v) is 4.80. The molecule has 1 aliphatic rings. The Morgan fingerprint density at radius 2 is 1.72 bits per heavy atom. The number of halogens is 1. The summed E-state index contributed by atoms with van der Waals surface area (Å²) in [5.41, 5.74) is 6.25. The van der Waals surface area contributed by atoms with Crippen LogP contribution in [0.1, 0.15) is 41.6 Å². The molecule has 32 heavy (non-hydrogen) atoms. The van der Waals surface area contributed by atoms with Gasteiger partial charge >= 0.3 is 0 Å². The Morgan fingerprint density at radius 1 is 1.00 bits per heavy atom. The maximum atomic E-state index is 12.6. The molecule has 9 heteroatoms. The first-order valence-electron chi connectivity index (χ1n) is 10.1. The van der Waals surface area contributed by atoms with Crippen molar-refractivity contribution in [2.45, 2.75) is 25.7 Å². The predicted octanol–water partition coefficient (Wildman–Crippen LogP) is 4.67. The SMILES string of the molecule is O=C(CCCCCN1C(=O)C(=Cc2ccccc2)SC1=S)NNC(=O)c1ccccc1Br. The van der Waals surface area contributed by atoms with E-state index in [-0.39, 0.29) is 24.1 Å². The molecular weight excluding hydrogens is 510 g/mol. The van der Waals surface area contributed by atoms with Gasteiger partial charge in [-0.25, -0.2) is 0 Å². The quantitative estimate of drug-likeness (QED) is 0.224. The Bertz CT molecular complexity index is 1040. The molecule has 0 aromatic heterocycles. The molecule has 0 saturated carbocycles. The van der Waals surface area contributed by atoms with Crippen molar-refractivity contribution in [1.29, 1.82) is 0 Å². The van der Waals surface area contributed by atoms with Gasteiger partial charge in [0, 0.05) is 17.4 Å². The molecular formula is C23H22BrN3O3S2. The number of nitrogens with one attached hydrogen (secondary N) is 2. The maximum absolute atomic E-state index is 12.6. The summed E-state index contributed by atoms with van der Waals surface area (Å²) in [7, 11) is 0. The molecule has 1 aliphatic heterocycles. The molecule has 166 valence electrons. The van der Waals surface area contributed by atoms with Crippen molar-refractivity contribution in [3.8, 4) is 0 Å². The van der Waals surface area contributed by atoms with E-state index in [4.69, 9.17) is 12.2 Å². The number of amides is 3. The summed E-state index contributed by atoms with van der Waals surface area (Å²) in [5, 5.41) is 0. The van der Waals surface area contributed by atoms with Gasteiger partial charge in [0.1, 0.15) is 4.32 Å². The Kier molecular flexibility index (Phi) is 9.01. The highest BCUT2D eigenvalue weighted by Gasteiger charge is 2.31. The zero-order chi connectivity index (χ0) is 22.9. The lowest BCUT2D eigenvalue weighted by atomic mass is 10.2. The van der Waals surface area contributed by atoms with E-state index in [1.807, 2.05) is 36.4 Å². The normalized spacial score (nSPS) is 14.7. The van der Waals surface area contributed by atoms with E-state index in [2.05, 4.69) is 26.8 Å². The largest absolute Gasteiger partial charge is 0.293 e. The fourth-order valence-electron chi connectivity index (χ4n) is 3.03. The van der Waals surface area contributed by atoms with Crippen LogP contribution in [0.4, 0.5) is 0 Å². The van der Waals surface area contributed by atoms with E-state index in [0.29, 0.717) is 32.2 Å². The van der Waals surface area contributed by atoms with Crippen molar-refractivity contribution in [3.63, 3.8) is 0 Å². The number of unbranched alkanes of at least 4 members (excludes halogenated alkanes) is 2. The predicted molar refractivity (Wildman–Crippen MR) is 135 cm³/mol. The first kappa shape index (κ1) is 24.2. The molecule has 1 fully saturated rings. The lowest BCUT2D eigenvalue weighted by molar-refractivity contribution is -0.123. The topological polar surface area (TPSA) is 78.5 Å². The molecule has 0 spiro atoms. The van der Waals surface area contributed by atoms with Gasteiger partial charge in [0.05, 0.1) is 10.5 Å². The summed E-state index contributed by atoms with van der Waals surface area (Å²) in [5.74, 6) is -0.720. The van der Waals surface area contributed by atoms with Gasteiger partial charge in [0.2, 0.25) is 5.91 Å². The minimum Gasteiger partial charge on any atom is -0.293 e. The minimum atomic E-state index is -0.385. The second-order valence-corrected chi connectivity index (χ2v) is 9.57. The molecule has 6 nitrogen and oxygen atoms in total. The third kappa shape index (κ3) is 6.75. The van der Waals surface area contributed by atoms with Crippen molar-refractivity contribution in [2.75, 3.05) is 6.54 Å². The van der Waals surface area contributed by atoms with Crippen molar-refractivity contribution in [2.24, 2.45) is 0 Å². The molecule has 2 aromatic carbocycles. The van der Waals surface area contributed by atoms with Crippen molar-refractivity contribution < 1.29 is 14.4 Å². The lowest BCUT2D eigenvalue weighted by Crippen LogP contribution is -2.41. The zero-order valence-electron chi connectivity index (χ0n) is 17.2. The number of benzene rings is 2. The van der Waals surface area contributed by atoms with E-state index in [1.165, 1.54) is 11.8 Å². The van der Waals surface area contributed by atoms with Crippen LogP contribution in [-0.2, 0) is 9.59 Å². The monoisotopic (exact) mass is 531 g/mol. The zero-order valence-corrected chi connectivity index (χ0v) is 20.4. The van der Waals surface area contributed by atoms with Gasteiger partial charge in [-0.1, -0.05) is 72.9 Å². The molecule has 1 saturated heterocycles. The van der Waals surface area contributed by atoms with Crippen LogP contribution in [0, 0.1) is 0 Å². The lowest BCUT2D eigenvalue weighted by Gasteiger charge is -2.14. The second kappa shape index (κ2) is 11.9. The van der Waals surface area contributed by atoms with Gasteiger partial charge in [-0.05, 0) is 52.5 Å². The average Bonchev–Trinajstić information content (AvgIpc) is 3.05. The molecule has 0 unspecified atom stereocenters. The highest BCUT2D eigenvalue weighted by molar-refractivity contribution is 9.10. The number of hydrogen-bond acceptors (Lipinski definition) is 5. The van der Waals surface area contributed by atoms with E-state index in [0.717, 1.165) is 18.4 Å². The first-order valence-corrected chi connectivity index (χ1v) is 12.1. The van der Waals surface area contributed by atoms with Crippen LogP contribution in [0.25, 0.3) is 6.08 Å². The average molecular weight is 532 g/mol. The fraction of sp³-hybridized carbons (Fsp3) is 0.217. The number of thiocarbonyl (C=S) groups is 1. The summed E-state index contributed by atoms with van der Waals surface area (Å²) in [4.78, 5) is 38.9. The highest BCUT2D eigenvalue weighted by atomic mass is 79.9. The van der Waals surface area contributed by atoms with Crippen LogP contribution < -0.4 is 10.9 Å². The van der Waals surface area contributed by atoms with Crippen LogP contribution >= 0.6 is 39.9 Å². The van der Waals surface area contributed by atoms with Crippen LogP contribution in [0.2, 0.25) is 0 Å². The minimum absolute atomic E-state index is 0.0728. The summed E-state index contributed by atoms with van der Waals surface area (Å²) in [6.07, 6.45) is 4.28. The number of nitrogens with zero attached hydrogens (tertiary/aromatic N) is 1. The number of thioether (sulfide) groups is 1. The summed E-state index contributed by atoms with van der Waals surface area (Å²) >= 11 is 9.98. The molecule has 3 rings (SSSR count). The standard InChI is InChI=1S/C23H22BrN3O3S2/c24-18-12-7-6-11-17(18)21(29)26-25-20(28)13-5-2-8-14-27-22(30)19(32-23(27)31)15-16-9-3-1-4-10-16/h1,3-4,6-7,9-12,15H,2,5,8,13-14H2,(H,25,28)(H,26,29). The number of hydrogen-bond donors (Lipinski definition) is 2. The van der Waals surface area contributed by atoms with E-state index in [9.17, 15) is 14.4 Å². The maximum Gasteiger partial charge on any atom is 0.270 e. The Balaban J connectivity index is 1.35. The van der Waals surface area contributed by atoms with Crippen molar-refractivity contribution in [1.82, 2.24) is 15.8 Å². The van der Waals surface area contributed by atoms with Crippen molar-refractivity contribution >= 4 is 68.0 Å². The Labute approximate surface area is 204 Å². The third-order valence-corrected chi connectivity index (χ3v) is 6.76. The molecule has 3 amide bonds.